The number of anilines is 3. The van der Waals surface area contributed by atoms with E-state index in [1.54, 1.807) is 13.0 Å². The minimum absolute atomic E-state index is 0.0557. The predicted molar refractivity (Wildman–Crippen MR) is 104 cm³/mol. The Kier molecular flexibility index (Phi) is 12.1. The topological polar surface area (TPSA) is 68.1 Å². The third kappa shape index (κ3) is 7.59. The van der Waals surface area contributed by atoms with Crippen LogP contribution < -0.4 is 10.6 Å². The van der Waals surface area contributed by atoms with E-state index in [1.165, 1.54) is 18.2 Å². The molecule has 0 aliphatic rings. The number of hydrogen-bond acceptors (Lipinski definition) is 4. The van der Waals surface area contributed by atoms with Crippen LogP contribution in [0.3, 0.4) is 0 Å². The van der Waals surface area contributed by atoms with E-state index in [2.05, 4.69) is 10.6 Å². The minimum atomic E-state index is -1.09. The molecule has 2 rings (SSSR count). The largest absolute Gasteiger partial charge is 0.400 e. The van der Waals surface area contributed by atoms with Gasteiger partial charge in [-0.05, 0) is 43.2 Å². The molecule has 0 aliphatic heterocycles. The normalized spacial score (nSPS) is 9.15. The van der Waals surface area contributed by atoms with Crippen LogP contribution in [0.4, 0.5) is 30.2 Å². The molecule has 0 saturated carbocycles. The summed E-state index contributed by atoms with van der Waals surface area (Å²) in [5.74, 6) is -2.66. The van der Waals surface area contributed by atoms with Gasteiger partial charge in [0.25, 0.3) is 0 Å². The van der Waals surface area contributed by atoms with E-state index in [0.29, 0.717) is 25.1 Å². The zero-order valence-electron chi connectivity index (χ0n) is 16.0. The van der Waals surface area contributed by atoms with Gasteiger partial charge in [0.1, 0.15) is 11.5 Å². The molecule has 0 aliphatic carbocycles. The van der Waals surface area contributed by atoms with E-state index in [9.17, 15) is 13.2 Å². The molecule has 0 spiro atoms. The van der Waals surface area contributed by atoms with E-state index < -0.39 is 17.5 Å². The second kappa shape index (κ2) is 13.5. The Balaban J connectivity index is 0.00000158. The Morgan fingerprint density at radius 1 is 1.00 bits per heavy atom. The average molecular weight is 381 g/mol. The Morgan fingerprint density at radius 3 is 2.22 bits per heavy atom. The van der Waals surface area contributed by atoms with Crippen LogP contribution in [0.15, 0.2) is 30.3 Å². The number of halogens is 3. The standard InChI is InChI=1S/C17H16F3N3.C2H6.CH4O/c1-11-4-6-14(13(19)10-11)23-17-15(22-9-3-2-8-21)7-5-12(18)16(17)20;2*1-2/h4-7,10,22-23H,2-3,9H2,1H3;1-2H3;2H,1H3. The van der Waals surface area contributed by atoms with Gasteiger partial charge in [-0.15, -0.1) is 0 Å². The molecule has 0 unspecified atom stereocenters. The molecule has 3 N–H and O–H groups in total. The van der Waals surface area contributed by atoms with Gasteiger partial charge >= 0.3 is 0 Å². The smallest absolute Gasteiger partial charge is 0.184 e. The van der Waals surface area contributed by atoms with Gasteiger partial charge < -0.3 is 15.7 Å². The maximum absolute atomic E-state index is 14.1. The lowest BCUT2D eigenvalue weighted by atomic mass is 10.2. The highest BCUT2D eigenvalue weighted by Gasteiger charge is 2.15. The van der Waals surface area contributed by atoms with E-state index >= 15 is 0 Å². The molecule has 7 heteroatoms. The monoisotopic (exact) mass is 381 g/mol. The summed E-state index contributed by atoms with van der Waals surface area (Å²) in [5.41, 5.74) is 0.925. The summed E-state index contributed by atoms with van der Waals surface area (Å²) in [5, 5.41) is 21.0. The summed E-state index contributed by atoms with van der Waals surface area (Å²) >= 11 is 0. The first kappa shape index (κ1) is 24.3. The first-order valence-electron chi connectivity index (χ1n) is 8.59. The van der Waals surface area contributed by atoms with Crippen LogP contribution in [0.5, 0.6) is 0 Å². The second-order valence-electron chi connectivity index (χ2n) is 5.08. The molecular formula is C20H26F3N3O. The van der Waals surface area contributed by atoms with Crippen molar-refractivity contribution in [2.75, 3.05) is 24.3 Å². The van der Waals surface area contributed by atoms with E-state index in [1.807, 2.05) is 19.9 Å². The molecule has 2 aromatic rings. The quantitative estimate of drug-likeness (QED) is 0.578. The van der Waals surface area contributed by atoms with Gasteiger partial charge in [-0.1, -0.05) is 19.9 Å². The molecule has 148 valence electrons. The van der Waals surface area contributed by atoms with Crippen LogP contribution in [0, 0.1) is 35.7 Å². The zero-order valence-corrected chi connectivity index (χ0v) is 16.0. The third-order valence-electron chi connectivity index (χ3n) is 3.26. The number of unbranched alkanes of at least 4 members (excludes halogenated alkanes) is 1. The van der Waals surface area contributed by atoms with Crippen molar-refractivity contribution in [3.8, 4) is 6.07 Å². The van der Waals surface area contributed by atoms with Crippen molar-refractivity contribution in [3.63, 3.8) is 0 Å². The fraction of sp³-hybridized carbons (Fsp3) is 0.350. The highest BCUT2D eigenvalue weighted by molar-refractivity contribution is 5.75. The maximum atomic E-state index is 14.1. The van der Waals surface area contributed by atoms with Gasteiger partial charge in [0.15, 0.2) is 11.6 Å². The molecule has 0 saturated heterocycles. The van der Waals surface area contributed by atoms with Crippen LogP contribution in [0.2, 0.25) is 0 Å². The van der Waals surface area contributed by atoms with Gasteiger partial charge in [-0.25, -0.2) is 13.2 Å². The van der Waals surface area contributed by atoms with Crippen molar-refractivity contribution >= 4 is 17.1 Å². The molecule has 0 radical (unpaired) electrons. The summed E-state index contributed by atoms with van der Waals surface area (Å²) in [6, 6.07) is 8.82. The second-order valence-corrected chi connectivity index (χ2v) is 5.08. The summed E-state index contributed by atoms with van der Waals surface area (Å²) in [6.07, 6.45) is 0.917. The average Bonchev–Trinajstić information content (AvgIpc) is 2.69. The van der Waals surface area contributed by atoms with Gasteiger partial charge in [0.2, 0.25) is 0 Å². The zero-order chi connectivity index (χ0) is 20.8. The number of nitriles is 1. The van der Waals surface area contributed by atoms with Crippen LogP contribution in [-0.2, 0) is 0 Å². The first-order chi connectivity index (χ1) is 13.0. The minimum Gasteiger partial charge on any atom is -0.400 e. The number of rotatable bonds is 6. The van der Waals surface area contributed by atoms with Gasteiger partial charge in [0, 0.05) is 20.1 Å². The van der Waals surface area contributed by atoms with Crippen LogP contribution in [0.25, 0.3) is 0 Å². The van der Waals surface area contributed by atoms with Crippen LogP contribution in [0.1, 0.15) is 32.3 Å². The predicted octanol–water partition coefficient (Wildman–Crippen LogP) is 5.51. The van der Waals surface area contributed by atoms with Crippen molar-refractivity contribution in [2.24, 2.45) is 0 Å². The Morgan fingerprint density at radius 2 is 1.63 bits per heavy atom. The van der Waals surface area contributed by atoms with Crippen molar-refractivity contribution in [3.05, 3.63) is 53.3 Å². The number of hydrogen-bond donors (Lipinski definition) is 3. The van der Waals surface area contributed by atoms with Crippen molar-refractivity contribution in [1.29, 1.82) is 5.26 Å². The third-order valence-corrected chi connectivity index (χ3v) is 3.26. The summed E-state index contributed by atoms with van der Waals surface area (Å²) in [7, 11) is 1.00. The lowest BCUT2D eigenvalue weighted by Gasteiger charge is -2.15. The molecule has 27 heavy (non-hydrogen) atoms. The summed E-state index contributed by atoms with van der Waals surface area (Å²) < 4.78 is 41.5. The van der Waals surface area contributed by atoms with Gasteiger partial charge in [-0.2, -0.15) is 5.26 Å². The number of aliphatic hydroxyl groups excluding tert-OH is 1. The highest BCUT2D eigenvalue weighted by atomic mass is 19.2. The van der Waals surface area contributed by atoms with E-state index in [4.69, 9.17) is 10.4 Å². The van der Waals surface area contributed by atoms with Crippen molar-refractivity contribution < 1.29 is 18.3 Å². The Labute approximate surface area is 158 Å². The lowest BCUT2D eigenvalue weighted by molar-refractivity contribution is 0.399. The molecule has 0 heterocycles. The molecule has 0 atom stereocenters. The Hall–Kier alpha value is -2.72. The SMILES string of the molecule is CC.CO.Cc1ccc(Nc2c(NCCCC#N)ccc(F)c2F)c(F)c1. The van der Waals surface area contributed by atoms with E-state index in [-0.39, 0.29) is 11.4 Å². The highest BCUT2D eigenvalue weighted by Crippen LogP contribution is 2.31. The lowest BCUT2D eigenvalue weighted by Crippen LogP contribution is -2.07. The van der Waals surface area contributed by atoms with Crippen LogP contribution >= 0.6 is 0 Å². The molecule has 0 amide bonds. The number of benzene rings is 2. The Bertz CT molecular complexity index is 746. The summed E-state index contributed by atoms with van der Waals surface area (Å²) in [6.45, 7) is 6.15. The number of aryl methyl sites for hydroxylation is 1. The summed E-state index contributed by atoms with van der Waals surface area (Å²) in [4.78, 5) is 0. The van der Waals surface area contributed by atoms with E-state index in [0.717, 1.165) is 18.7 Å². The molecule has 0 aromatic heterocycles. The molecule has 2 aromatic carbocycles. The molecule has 4 nitrogen and oxygen atoms in total. The van der Waals surface area contributed by atoms with Crippen molar-refractivity contribution in [2.45, 2.75) is 33.6 Å². The maximum Gasteiger partial charge on any atom is 0.184 e. The fourth-order valence-corrected chi connectivity index (χ4v) is 2.07. The number of nitrogens with one attached hydrogen (secondary N) is 2. The molecule has 0 fully saturated rings. The van der Waals surface area contributed by atoms with Crippen molar-refractivity contribution in [1.82, 2.24) is 0 Å². The fourth-order valence-electron chi connectivity index (χ4n) is 2.07. The molecular weight excluding hydrogens is 355 g/mol. The first-order valence-corrected chi connectivity index (χ1v) is 8.59. The van der Waals surface area contributed by atoms with Gasteiger partial charge in [-0.3, -0.25) is 0 Å². The molecule has 0 bridgehead atoms. The number of aliphatic hydroxyl groups is 1. The van der Waals surface area contributed by atoms with Crippen LogP contribution in [-0.4, -0.2) is 18.8 Å². The van der Waals surface area contributed by atoms with Gasteiger partial charge in [0.05, 0.1) is 17.4 Å². The number of nitrogens with zero attached hydrogens (tertiary/aromatic N) is 1.